The Morgan fingerprint density at radius 3 is 2.65 bits per heavy atom. The van der Waals surface area contributed by atoms with Gasteiger partial charge in [0.2, 0.25) is 0 Å². The summed E-state index contributed by atoms with van der Waals surface area (Å²) in [5.41, 5.74) is 0.793. The molecular weight excluding hydrogens is 258 g/mol. The third-order valence-corrected chi connectivity index (χ3v) is 3.01. The van der Waals surface area contributed by atoms with Crippen LogP contribution >= 0.6 is 0 Å². The predicted molar refractivity (Wildman–Crippen MR) is 79.1 cm³/mol. The van der Waals surface area contributed by atoms with Gasteiger partial charge in [-0.1, -0.05) is 13.8 Å². The Morgan fingerprint density at radius 2 is 2.10 bits per heavy atom. The molecule has 0 aliphatic rings. The van der Waals surface area contributed by atoms with Crippen LogP contribution in [0.15, 0.2) is 18.2 Å². The Labute approximate surface area is 118 Å². The quantitative estimate of drug-likeness (QED) is 0.593. The van der Waals surface area contributed by atoms with Crippen LogP contribution in [0.5, 0.6) is 0 Å². The second-order valence-corrected chi connectivity index (χ2v) is 4.70. The Bertz CT molecular complexity index is 489. The Hall–Kier alpha value is -2.11. The van der Waals surface area contributed by atoms with Gasteiger partial charge < -0.3 is 10.6 Å². The lowest BCUT2D eigenvalue weighted by Gasteiger charge is -2.12. The maximum Gasteiger partial charge on any atom is 0.292 e. The van der Waals surface area contributed by atoms with E-state index in [9.17, 15) is 14.9 Å². The van der Waals surface area contributed by atoms with Crippen LogP contribution in [0, 0.1) is 10.1 Å². The number of rotatable bonds is 7. The largest absolute Gasteiger partial charge is 0.379 e. The molecule has 1 rings (SSSR count). The van der Waals surface area contributed by atoms with Crippen molar-refractivity contribution in [2.24, 2.45) is 0 Å². The zero-order valence-corrected chi connectivity index (χ0v) is 12.1. The number of nitrogens with zero attached hydrogens (tertiary/aromatic N) is 1. The van der Waals surface area contributed by atoms with E-state index in [-0.39, 0.29) is 17.6 Å². The van der Waals surface area contributed by atoms with Gasteiger partial charge in [-0.15, -0.1) is 0 Å². The van der Waals surface area contributed by atoms with Crippen molar-refractivity contribution in [2.75, 3.05) is 11.9 Å². The molecule has 0 radical (unpaired) electrons. The number of benzene rings is 1. The number of nitro benzene ring substituents is 1. The molecule has 0 aliphatic heterocycles. The maximum absolute atomic E-state index is 12.0. The standard InChI is InChI=1S/C14H21N3O3/c1-4-8-15-12-9-11(6-7-13(12)17(19)20)14(18)16-10(3)5-2/h6-7,9-10,15H,4-5,8H2,1-3H3,(H,16,18). The summed E-state index contributed by atoms with van der Waals surface area (Å²) in [6.07, 6.45) is 1.68. The topological polar surface area (TPSA) is 84.3 Å². The van der Waals surface area contributed by atoms with Crippen molar-refractivity contribution in [2.45, 2.75) is 39.7 Å². The summed E-state index contributed by atoms with van der Waals surface area (Å²) < 4.78 is 0. The first-order valence-electron chi connectivity index (χ1n) is 6.82. The average molecular weight is 279 g/mol. The van der Waals surface area contributed by atoms with E-state index in [2.05, 4.69) is 10.6 Å². The SMILES string of the molecule is CCCNc1cc(C(=O)NC(C)CC)ccc1[N+](=O)[O-]. The minimum Gasteiger partial charge on any atom is -0.379 e. The molecule has 6 nitrogen and oxygen atoms in total. The van der Waals surface area contributed by atoms with E-state index in [1.54, 1.807) is 0 Å². The van der Waals surface area contributed by atoms with Crippen molar-refractivity contribution in [3.63, 3.8) is 0 Å². The molecule has 2 N–H and O–H groups in total. The van der Waals surface area contributed by atoms with E-state index in [4.69, 9.17) is 0 Å². The Kier molecular flexibility index (Phi) is 5.96. The molecule has 1 amide bonds. The minimum absolute atomic E-state index is 0.0152. The van der Waals surface area contributed by atoms with Gasteiger partial charge in [0.15, 0.2) is 0 Å². The van der Waals surface area contributed by atoms with Gasteiger partial charge in [-0.05, 0) is 31.9 Å². The van der Waals surface area contributed by atoms with Crippen molar-refractivity contribution in [3.8, 4) is 0 Å². The molecule has 1 aromatic rings. The van der Waals surface area contributed by atoms with Crippen molar-refractivity contribution in [1.29, 1.82) is 0 Å². The highest BCUT2D eigenvalue weighted by Crippen LogP contribution is 2.25. The summed E-state index contributed by atoms with van der Waals surface area (Å²) in [5.74, 6) is -0.214. The van der Waals surface area contributed by atoms with E-state index >= 15 is 0 Å². The smallest absolute Gasteiger partial charge is 0.292 e. The second-order valence-electron chi connectivity index (χ2n) is 4.70. The number of hydrogen-bond acceptors (Lipinski definition) is 4. The van der Waals surface area contributed by atoms with Gasteiger partial charge >= 0.3 is 0 Å². The van der Waals surface area contributed by atoms with Crippen LogP contribution in [-0.2, 0) is 0 Å². The van der Waals surface area contributed by atoms with E-state index in [1.165, 1.54) is 18.2 Å². The van der Waals surface area contributed by atoms with Crippen LogP contribution in [0.3, 0.4) is 0 Å². The molecule has 0 spiro atoms. The van der Waals surface area contributed by atoms with Crippen LogP contribution in [0.4, 0.5) is 11.4 Å². The zero-order chi connectivity index (χ0) is 15.1. The lowest BCUT2D eigenvalue weighted by molar-refractivity contribution is -0.384. The van der Waals surface area contributed by atoms with Crippen molar-refractivity contribution in [1.82, 2.24) is 5.32 Å². The highest BCUT2D eigenvalue weighted by atomic mass is 16.6. The third kappa shape index (κ3) is 4.22. The van der Waals surface area contributed by atoms with Crippen molar-refractivity contribution >= 4 is 17.3 Å². The Morgan fingerprint density at radius 1 is 1.40 bits per heavy atom. The lowest BCUT2D eigenvalue weighted by Crippen LogP contribution is -2.31. The van der Waals surface area contributed by atoms with E-state index < -0.39 is 4.92 Å². The number of anilines is 1. The highest BCUT2D eigenvalue weighted by Gasteiger charge is 2.17. The average Bonchev–Trinajstić information content (AvgIpc) is 2.44. The number of carbonyl (C=O) groups excluding carboxylic acids is 1. The van der Waals surface area contributed by atoms with Crippen molar-refractivity contribution in [3.05, 3.63) is 33.9 Å². The number of nitro groups is 1. The van der Waals surface area contributed by atoms with E-state index in [0.717, 1.165) is 12.8 Å². The molecular formula is C14H21N3O3. The molecule has 0 aromatic heterocycles. The predicted octanol–water partition coefficient (Wildman–Crippen LogP) is 2.95. The molecule has 0 bridgehead atoms. The number of hydrogen-bond donors (Lipinski definition) is 2. The van der Waals surface area contributed by atoms with E-state index in [1.807, 2.05) is 20.8 Å². The monoisotopic (exact) mass is 279 g/mol. The summed E-state index contributed by atoms with van der Waals surface area (Å²) >= 11 is 0. The normalized spacial score (nSPS) is 11.8. The first-order chi connectivity index (χ1) is 9.49. The highest BCUT2D eigenvalue weighted by molar-refractivity contribution is 5.96. The van der Waals surface area contributed by atoms with Gasteiger partial charge in [-0.2, -0.15) is 0 Å². The summed E-state index contributed by atoms with van der Waals surface area (Å²) in [7, 11) is 0. The van der Waals surface area contributed by atoms with Crippen LogP contribution < -0.4 is 10.6 Å². The van der Waals surface area contributed by atoms with Gasteiger partial charge in [0.1, 0.15) is 5.69 Å². The molecule has 1 aromatic carbocycles. The van der Waals surface area contributed by atoms with E-state index in [0.29, 0.717) is 17.8 Å². The zero-order valence-electron chi connectivity index (χ0n) is 12.1. The second kappa shape index (κ2) is 7.47. The van der Waals surface area contributed by atoms with Crippen LogP contribution in [0.1, 0.15) is 44.0 Å². The molecule has 1 unspecified atom stereocenters. The van der Waals surface area contributed by atoms with Crippen LogP contribution in [-0.4, -0.2) is 23.4 Å². The first-order valence-corrected chi connectivity index (χ1v) is 6.82. The molecule has 0 saturated heterocycles. The summed E-state index contributed by atoms with van der Waals surface area (Å²) in [5, 5.41) is 16.8. The molecule has 0 aliphatic carbocycles. The Balaban J connectivity index is 2.99. The van der Waals surface area contributed by atoms with Gasteiger partial charge in [0.25, 0.3) is 11.6 Å². The third-order valence-electron chi connectivity index (χ3n) is 3.01. The number of nitrogens with one attached hydrogen (secondary N) is 2. The molecule has 20 heavy (non-hydrogen) atoms. The summed E-state index contributed by atoms with van der Waals surface area (Å²) in [6, 6.07) is 4.45. The van der Waals surface area contributed by atoms with Gasteiger partial charge in [-0.3, -0.25) is 14.9 Å². The van der Waals surface area contributed by atoms with Crippen LogP contribution in [0.2, 0.25) is 0 Å². The first kappa shape index (κ1) is 15.9. The molecule has 1 atom stereocenters. The van der Waals surface area contributed by atoms with Gasteiger partial charge in [0.05, 0.1) is 4.92 Å². The van der Waals surface area contributed by atoms with Crippen molar-refractivity contribution < 1.29 is 9.72 Å². The minimum atomic E-state index is -0.450. The molecule has 0 fully saturated rings. The fourth-order valence-corrected chi connectivity index (χ4v) is 1.65. The fraction of sp³-hybridized carbons (Fsp3) is 0.500. The fourth-order valence-electron chi connectivity index (χ4n) is 1.65. The molecule has 0 saturated carbocycles. The number of carbonyl (C=O) groups is 1. The number of amides is 1. The maximum atomic E-state index is 12.0. The van der Waals surface area contributed by atoms with Gasteiger partial charge in [-0.25, -0.2) is 0 Å². The molecule has 6 heteroatoms. The summed E-state index contributed by atoms with van der Waals surface area (Å²) in [6.45, 7) is 6.49. The lowest BCUT2D eigenvalue weighted by atomic mass is 10.1. The molecule has 110 valence electrons. The molecule has 0 heterocycles. The summed E-state index contributed by atoms with van der Waals surface area (Å²) in [4.78, 5) is 22.5. The van der Waals surface area contributed by atoms with Crippen LogP contribution in [0.25, 0.3) is 0 Å². The van der Waals surface area contributed by atoms with Gasteiger partial charge in [0, 0.05) is 24.2 Å².